The van der Waals surface area contributed by atoms with Crippen molar-refractivity contribution in [3.05, 3.63) is 30.1 Å². The molecule has 1 saturated carbocycles. The molecule has 2 aromatic rings. The van der Waals surface area contributed by atoms with E-state index in [1.807, 2.05) is 18.5 Å². The molecule has 1 aliphatic carbocycles. The molecule has 1 aromatic carbocycles. The molecule has 0 bridgehead atoms. The van der Waals surface area contributed by atoms with Crippen LogP contribution in [0.2, 0.25) is 0 Å². The smallest absolute Gasteiger partial charge is 0.233 e. The summed E-state index contributed by atoms with van der Waals surface area (Å²) < 4.78 is 14.8. The highest BCUT2D eigenvalue weighted by Gasteiger charge is 2.27. The Morgan fingerprint density at radius 2 is 2.05 bits per heavy atom. The molecule has 0 saturated heterocycles. The topological polar surface area (TPSA) is 59.8 Å². The van der Waals surface area contributed by atoms with E-state index in [9.17, 15) is 9.18 Å². The van der Waals surface area contributed by atoms with E-state index in [4.69, 9.17) is 0 Å². The van der Waals surface area contributed by atoms with Gasteiger partial charge in [-0.2, -0.15) is 0 Å². The number of carbonyl (C=O) groups is 1. The second-order valence-electron chi connectivity index (χ2n) is 5.42. The Hall–Kier alpha value is -1.89. The third kappa shape index (κ3) is 3.30. The molecule has 0 aliphatic heterocycles. The first-order chi connectivity index (χ1) is 10.5. The fraction of sp³-hybridized carbons (Fsp3) is 0.400. The van der Waals surface area contributed by atoms with Crippen LogP contribution < -0.4 is 5.32 Å². The fourth-order valence-electron chi connectivity index (χ4n) is 2.03. The average Bonchev–Trinajstić information content (AvgIpc) is 3.24. The van der Waals surface area contributed by atoms with Gasteiger partial charge in [-0.3, -0.25) is 4.79 Å². The standard InChI is InChI=1S/C15H17FN4OS/c1-9(14(21)17-12-7-8-12)22-15-19-18-13(20(15)2)10-3-5-11(16)6-4-10/h3-6,9,12H,7-8H2,1-2H3,(H,17,21). The lowest BCUT2D eigenvalue weighted by molar-refractivity contribution is -0.120. The molecule has 1 N–H and O–H groups in total. The second kappa shape index (κ2) is 6.08. The van der Waals surface area contributed by atoms with Crippen LogP contribution in [-0.4, -0.2) is 32.0 Å². The van der Waals surface area contributed by atoms with Crippen LogP contribution in [0.25, 0.3) is 11.4 Å². The number of carbonyl (C=O) groups excluding carboxylic acids is 1. The third-order valence-electron chi connectivity index (χ3n) is 3.51. The Balaban J connectivity index is 1.72. The number of aromatic nitrogens is 3. The number of thioether (sulfide) groups is 1. The first kappa shape index (κ1) is 15.0. The summed E-state index contributed by atoms with van der Waals surface area (Å²) in [7, 11) is 1.84. The minimum Gasteiger partial charge on any atom is -0.352 e. The highest BCUT2D eigenvalue weighted by Crippen LogP contribution is 2.27. The molecule has 1 unspecified atom stereocenters. The van der Waals surface area contributed by atoms with Crippen LogP contribution in [0.4, 0.5) is 4.39 Å². The maximum Gasteiger partial charge on any atom is 0.233 e. The molecule has 1 heterocycles. The van der Waals surface area contributed by atoms with Gasteiger partial charge >= 0.3 is 0 Å². The SMILES string of the molecule is CC(Sc1nnc(-c2ccc(F)cc2)n1C)C(=O)NC1CC1. The van der Waals surface area contributed by atoms with Crippen molar-refractivity contribution < 1.29 is 9.18 Å². The Bertz CT molecular complexity index is 681. The van der Waals surface area contributed by atoms with Crippen LogP contribution in [0.5, 0.6) is 0 Å². The van der Waals surface area contributed by atoms with Crippen molar-refractivity contribution in [1.29, 1.82) is 0 Å². The molecule has 5 nitrogen and oxygen atoms in total. The third-order valence-corrected chi connectivity index (χ3v) is 4.65. The van der Waals surface area contributed by atoms with Crippen LogP contribution in [0.3, 0.4) is 0 Å². The molecular weight excluding hydrogens is 303 g/mol. The number of benzene rings is 1. The zero-order chi connectivity index (χ0) is 15.7. The summed E-state index contributed by atoms with van der Waals surface area (Å²) in [6.07, 6.45) is 2.14. The van der Waals surface area contributed by atoms with Crippen LogP contribution in [0.1, 0.15) is 19.8 Å². The van der Waals surface area contributed by atoms with Crippen LogP contribution >= 0.6 is 11.8 Å². The van der Waals surface area contributed by atoms with Crippen molar-refractivity contribution in [2.75, 3.05) is 0 Å². The maximum absolute atomic E-state index is 13.0. The van der Waals surface area contributed by atoms with E-state index in [1.54, 1.807) is 12.1 Å². The van der Waals surface area contributed by atoms with Gasteiger partial charge in [0.05, 0.1) is 5.25 Å². The Morgan fingerprint density at radius 3 is 2.68 bits per heavy atom. The molecule has 7 heteroatoms. The summed E-state index contributed by atoms with van der Waals surface area (Å²) in [5.41, 5.74) is 0.790. The van der Waals surface area contributed by atoms with Gasteiger partial charge < -0.3 is 9.88 Å². The molecule has 1 amide bonds. The highest BCUT2D eigenvalue weighted by atomic mass is 32.2. The minimum absolute atomic E-state index is 0.0267. The number of hydrogen-bond acceptors (Lipinski definition) is 4. The van der Waals surface area contributed by atoms with E-state index < -0.39 is 0 Å². The lowest BCUT2D eigenvalue weighted by atomic mass is 10.2. The lowest BCUT2D eigenvalue weighted by Gasteiger charge is -2.11. The molecule has 1 aliphatic rings. The van der Waals surface area contributed by atoms with Gasteiger partial charge in [-0.15, -0.1) is 10.2 Å². The normalized spacial score (nSPS) is 15.6. The molecule has 22 heavy (non-hydrogen) atoms. The van der Waals surface area contributed by atoms with Gasteiger partial charge in [0.1, 0.15) is 5.82 Å². The van der Waals surface area contributed by atoms with E-state index >= 15 is 0 Å². The van der Waals surface area contributed by atoms with Crippen molar-refractivity contribution in [2.24, 2.45) is 7.05 Å². The quantitative estimate of drug-likeness (QED) is 0.859. The van der Waals surface area contributed by atoms with Crippen LogP contribution in [0, 0.1) is 5.82 Å². The molecule has 1 aromatic heterocycles. The lowest BCUT2D eigenvalue weighted by Crippen LogP contribution is -2.32. The van der Waals surface area contributed by atoms with Gasteiger partial charge in [0.15, 0.2) is 11.0 Å². The van der Waals surface area contributed by atoms with Crippen LogP contribution in [-0.2, 0) is 11.8 Å². The molecule has 1 atom stereocenters. The number of hydrogen-bond donors (Lipinski definition) is 1. The van der Waals surface area contributed by atoms with Crippen molar-refractivity contribution in [2.45, 2.75) is 36.2 Å². The summed E-state index contributed by atoms with van der Waals surface area (Å²) in [4.78, 5) is 12.0. The Kier molecular flexibility index (Phi) is 4.15. The zero-order valence-corrected chi connectivity index (χ0v) is 13.2. The number of amides is 1. The van der Waals surface area contributed by atoms with E-state index in [1.165, 1.54) is 23.9 Å². The second-order valence-corrected chi connectivity index (χ2v) is 6.72. The monoisotopic (exact) mass is 320 g/mol. The summed E-state index contributed by atoms with van der Waals surface area (Å²) in [5.74, 6) is 0.391. The van der Waals surface area contributed by atoms with Gasteiger partial charge in [-0.05, 0) is 44.0 Å². The van der Waals surface area contributed by atoms with Crippen molar-refractivity contribution in [3.8, 4) is 11.4 Å². The van der Waals surface area contributed by atoms with Crippen LogP contribution in [0.15, 0.2) is 29.4 Å². The first-order valence-corrected chi connectivity index (χ1v) is 8.05. The van der Waals surface area contributed by atoms with E-state index in [0.717, 1.165) is 18.4 Å². The van der Waals surface area contributed by atoms with Gasteiger partial charge in [0.2, 0.25) is 5.91 Å². The van der Waals surface area contributed by atoms with Gasteiger partial charge in [-0.25, -0.2) is 4.39 Å². The molecular formula is C15H17FN4OS. The van der Waals surface area contributed by atoms with E-state index in [0.29, 0.717) is 17.0 Å². The van der Waals surface area contributed by atoms with Crippen molar-refractivity contribution in [3.63, 3.8) is 0 Å². The number of nitrogens with one attached hydrogen (secondary N) is 1. The molecule has 3 rings (SSSR count). The minimum atomic E-state index is -0.286. The first-order valence-electron chi connectivity index (χ1n) is 7.17. The summed E-state index contributed by atoms with van der Waals surface area (Å²) >= 11 is 1.37. The molecule has 116 valence electrons. The summed E-state index contributed by atoms with van der Waals surface area (Å²) in [6, 6.07) is 6.46. The van der Waals surface area contributed by atoms with Crippen molar-refractivity contribution in [1.82, 2.24) is 20.1 Å². The number of nitrogens with zero attached hydrogens (tertiary/aromatic N) is 3. The highest BCUT2D eigenvalue weighted by molar-refractivity contribution is 8.00. The maximum atomic E-state index is 13.0. The average molecular weight is 320 g/mol. The molecule has 0 spiro atoms. The molecule has 1 fully saturated rings. The number of halogens is 1. The zero-order valence-electron chi connectivity index (χ0n) is 12.4. The Morgan fingerprint density at radius 1 is 1.36 bits per heavy atom. The van der Waals surface area contributed by atoms with Crippen molar-refractivity contribution >= 4 is 17.7 Å². The predicted molar refractivity (Wildman–Crippen MR) is 82.9 cm³/mol. The summed E-state index contributed by atoms with van der Waals surface area (Å²) in [5, 5.41) is 11.7. The van der Waals surface area contributed by atoms with E-state index in [2.05, 4.69) is 15.5 Å². The van der Waals surface area contributed by atoms with Gasteiger partial charge in [0, 0.05) is 18.7 Å². The predicted octanol–water partition coefficient (Wildman–Crippen LogP) is 2.38. The molecule has 0 radical (unpaired) electrons. The number of rotatable bonds is 5. The van der Waals surface area contributed by atoms with Gasteiger partial charge in [0.25, 0.3) is 0 Å². The fourth-order valence-corrected chi connectivity index (χ4v) is 2.85. The largest absolute Gasteiger partial charge is 0.352 e. The van der Waals surface area contributed by atoms with E-state index in [-0.39, 0.29) is 17.0 Å². The van der Waals surface area contributed by atoms with Gasteiger partial charge in [-0.1, -0.05) is 11.8 Å². The summed E-state index contributed by atoms with van der Waals surface area (Å²) in [6.45, 7) is 1.86. The Labute approximate surface area is 132 Å².